The van der Waals surface area contributed by atoms with Crippen LogP contribution in [0.25, 0.3) is 0 Å². The lowest BCUT2D eigenvalue weighted by atomic mass is 10.2. The standard InChI is InChI=1S/C12H15BrClNO2/c1-8(5-6-17-2)15-12(16)10-7-9(13)3-4-11(10)14/h3-4,7-8H,5-6H2,1-2H3,(H,15,16)/t8-/m0/s1. The first kappa shape index (κ1) is 14.5. The summed E-state index contributed by atoms with van der Waals surface area (Å²) in [7, 11) is 1.64. The highest BCUT2D eigenvalue weighted by Gasteiger charge is 2.13. The average molecular weight is 321 g/mol. The first-order chi connectivity index (χ1) is 8.04. The number of carbonyl (C=O) groups excluding carboxylic acids is 1. The van der Waals surface area contributed by atoms with Crippen LogP contribution in [0.4, 0.5) is 0 Å². The molecule has 1 N–H and O–H groups in total. The molecule has 3 nitrogen and oxygen atoms in total. The topological polar surface area (TPSA) is 38.3 Å². The summed E-state index contributed by atoms with van der Waals surface area (Å²) in [5.41, 5.74) is 0.477. The van der Waals surface area contributed by atoms with Crippen LogP contribution in [0, 0.1) is 0 Å². The van der Waals surface area contributed by atoms with Gasteiger partial charge in [0.2, 0.25) is 0 Å². The smallest absolute Gasteiger partial charge is 0.253 e. The van der Waals surface area contributed by atoms with Gasteiger partial charge in [-0.3, -0.25) is 4.79 Å². The molecule has 0 fully saturated rings. The quantitative estimate of drug-likeness (QED) is 0.904. The Balaban J connectivity index is 2.66. The van der Waals surface area contributed by atoms with Crippen molar-refractivity contribution in [2.75, 3.05) is 13.7 Å². The van der Waals surface area contributed by atoms with Gasteiger partial charge >= 0.3 is 0 Å². The zero-order valence-corrected chi connectivity index (χ0v) is 12.1. The fraction of sp³-hybridized carbons (Fsp3) is 0.417. The minimum Gasteiger partial charge on any atom is -0.385 e. The molecular weight excluding hydrogens is 305 g/mol. The summed E-state index contributed by atoms with van der Waals surface area (Å²) in [5, 5.41) is 3.32. The largest absolute Gasteiger partial charge is 0.385 e. The SMILES string of the molecule is COCC[C@H](C)NC(=O)c1cc(Br)ccc1Cl. The third-order valence-corrected chi connectivity index (χ3v) is 3.13. The lowest BCUT2D eigenvalue weighted by molar-refractivity contribution is 0.0929. The Morgan fingerprint density at radius 1 is 1.59 bits per heavy atom. The van der Waals surface area contributed by atoms with Crippen LogP contribution in [-0.4, -0.2) is 25.7 Å². The van der Waals surface area contributed by atoms with Crippen molar-refractivity contribution in [1.82, 2.24) is 5.32 Å². The van der Waals surface area contributed by atoms with Gasteiger partial charge in [-0.2, -0.15) is 0 Å². The zero-order chi connectivity index (χ0) is 12.8. The van der Waals surface area contributed by atoms with Crippen LogP contribution in [0.5, 0.6) is 0 Å². The zero-order valence-electron chi connectivity index (χ0n) is 9.80. The Labute approximate surface area is 115 Å². The molecule has 0 aliphatic heterocycles. The molecule has 0 saturated carbocycles. The highest BCUT2D eigenvalue weighted by molar-refractivity contribution is 9.10. The third kappa shape index (κ3) is 4.66. The summed E-state index contributed by atoms with van der Waals surface area (Å²) >= 11 is 9.29. The molecule has 0 spiro atoms. The van der Waals surface area contributed by atoms with Crippen molar-refractivity contribution < 1.29 is 9.53 Å². The van der Waals surface area contributed by atoms with Gasteiger partial charge in [0.05, 0.1) is 10.6 Å². The van der Waals surface area contributed by atoms with Crippen LogP contribution < -0.4 is 5.32 Å². The summed E-state index contributed by atoms with van der Waals surface area (Å²) in [6.45, 7) is 2.55. The average Bonchev–Trinajstić information content (AvgIpc) is 2.29. The van der Waals surface area contributed by atoms with E-state index in [0.29, 0.717) is 17.2 Å². The van der Waals surface area contributed by atoms with E-state index in [9.17, 15) is 4.79 Å². The van der Waals surface area contributed by atoms with E-state index in [4.69, 9.17) is 16.3 Å². The van der Waals surface area contributed by atoms with Gasteiger partial charge in [0.25, 0.3) is 5.91 Å². The molecule has 5 heteroatoms. The number of nitrogens with one attached hydrogen (secondary N) is 1. The van der Waals surface area contributed by atoms with Gasteiger partial charge in [-0.15, -0.1) is 0 Å². The number of rotatable bonds is 5. The number of benzene rings is 1. The summed E-state index contributed by atoms with van der Waals surface area (Å²) in [5.74, 6) is -0.167. The molecule has 17 heavy (non-hydrogen) atoms. The molecular formula is C12H15BrClNO2. The molecule has 0 saturated heterocycles. The molecule has 0 heterocycles. The second-order valence-corrected chi connectivity index (χ2v) is 5.10. The Hall–Kier alpha value is -0.580. The number of hydrogen-bond donors (Lipinski definition) is 1. The molecule has 0 radical (unpaired) electrons. The van der Waals surface area contributed by atoms with E-state index < -0.39 is 0 Å². The van der Waals surface area contributed by atoms with Crippen LogP contribution in [0.15, 0.2) is 22.7 Å². The van der Waals surface area contributed by atoms with E-state index in [0.717, 1.165) is 10.9 Å². The monoisotopic (exact) mass is 319 g/mol. The molecule has 0 aromatic heterocycles. The summed E-state index contributed by atoms with van der Waals surface area (Å²) in [6, 6.07) is 5.26. The molecule has 0 aliphatic carbocycles. The van der Waals surface area contributed by atoms with E-state index in [-0.39, 0.29) is 11.9 Å². The molecule has 1 amide bonds. The molecule has 1 aromatic carbocycles. The summed E-state index contributed by atoms with van der Waals surface area (Å²) in [6.07, 6.45) is 0.772. The van der Waals surface area contributed by atoms with Gasteiger partial charge in [-0.1, -0.05) is 27.5 Å². The second kappa shape index (κ2) is 6.99. The molecule has 1 atom stereocenters. The van der Waals surface area contributed by atoms with E-state index in [2.05, 4.69) is 21.2 Å². The van der Waals surface area contributed by atoms with Crippen molar-refractivity contribution in [3.63, 3.8) is 0 Å². The fourth-order valence-corrected chi connectivity index (χ4v) is 1.90. The number of halogens is 2. The van der Waals surface area contributed by atoms with Crippen LogP contribution in [-0.2, 0) is 4.74 Å². The lowest BCUT2D eigenvalue weighted by Gasteiger charge is -2.14. The molecule has 0 aliphatic rings. The van der Waals surface area contributed by atoms with Crippen molar-refractivity contribution in [2.45, 2.75) is 19.4 Å². The maximum Gasteiger partial charge on any atom is 0.253 e. The highest BCUT2D eigenvalue weighted by atomic mass is 79.9. The van der Waals surface area contributed by atoms with Crippen molar-refractivity contribution in [3.05, 3.63) is 33.3 Å². The minimum atomic E-state index is -0.167. The van der Waals surface area contributed by atoms with E-state index >= 15 is 0 Å². The van der Waals surface area contributed by atoms with Gasteiger partial charge in [-0.05, 0) is 31.5 Å². The summed E-state index contributed by atoms with van der Waals surface area (Å²) < 4.78 is 5.79. The molecule has 1 aromatic rings. The van der Waals surface area contributed by atoms with Gasteiger partial charge in [0.15, 0.2) is 0 Å². The Morgan fingerprint density at radius 3 is 2.94 bits per heavy atom. The normalized spacial score (nSPS) is 12.2. The van der Waals surface area contributed by atoms with Gasteiger partial charge < -0.3 is 10.1 Å². The van der Waals surface area contributed by atoms with E-state index in [1.54, 1.807) is 25.3 Å². The number of methoxy groups -OCH3 is 1. The van der Waals surface area contributed by atoms with Crippen molar-refractivity contribution in [3.8, 4) is 0 Å². The number of amides is 1. The van der Waals surface area contributed by atoms with Crippen molar-refractivity contribution in [2.24, 2.45) is 0 Å². The lowest BCUT2D eigenvalue weighted by Crippen LogP contribution is -2.33. The Morgan fingerprint density at radius 2 is 2.29 bits per heavy atom. The van der Waals surface area contributed by atoms with Crippen molar-refractivity contribution >= 4 is 33.4 Å². The van der Waals surface area contributed by atoms with Gasteiger partial charge in [0, 0.05) is 24.2 Å². The third-order valence-electron chi connectivity index (χ3n) is 2.31. The first-order valence-corrected chi connectivity index (χ1v) is 6.46. The first-order valence-electron chi connectivity index (χ1n) is 5.29. The molecule has 0 bridgehead atoms. The number of ether oxygens (including phenoxy) is 1. The number of carbonyl (C=O) groups is 1. The Kier molecular flexibility index (Phi) is 5.95. The van der Waals surface area contributed by atoms with Crippen LogP contribution in [0.3, 0.4) is 0 Å². The highest BCUT2D eigenvalue weighted by Crippen LogP contribution is 2.21. The van der Waals surface area contributed by atoms with Gasteiger partial charge in [-0.25, -0.2) is 0 Å². The van der Waals surface area contributed by atoms with E-state index in [1.165, 1.54) is 0 Å². The van der Waals surface area contributed by atoms with E-state index in [1.807, 2.05) is 6.92 Å². The maximum atomic E-state index is 11.9. The van der Waals surface area contributed by atoms with Crippen LogP contribution in [0.2, 0.25) is 5.02 Å². The molecule has 0 unspecified atom stereocenters. The molecule has 1 rings (SSSR count). The van der Waals surface area contributed by atoms with Gasteiger partial charge in [0.1, 0.15) is 0 Å². The second-order valence-electron chi connectivity index (χ2n) is 3.78. The predicted molar refractivity (Wildman–Crippen MR) is 72.6 cm³/mol. The maximum absolute atomic E-state index is 11.9. The van der Waals surface area contributed by atoms with Crippen LogP contribution >= 0.6 is 27.5 Å². The van der Waals surface area contributed by atoms with Crippen molar-refractivity contribution in [1.29, 1.82) is 0 Å². The van der Waals surface area contributed by atoms with Crippen LogP contribution in [0.1, 0.15) is 23.7 Å². The number of hydrogen-bond acceptors (Lipinski definition) is 2. The Bertz CT molecular complexity index is 398. The predicted octanol–water partition coefficient (Wildman–Crippen LogP) is 3.26. The summed E-state index contributed by atoms with van der Waals surface area (Å²) in [4.78, 5) is 11.9. The molecule has 94 valence electrons. The minimum absolute atomic E-state index is 0.0532. The fourth-order valence-electron chi connectivity index (χ4n) is 1.34.